The molecule has 0 bridgehead atoms. The minimum Gasteiger partial charge on any atom is -0.327 e. The summed E-state index contributed by atoms with van der Waals surface area (Å²) >= 11 is 0. The minimum absolute atomic E-state index is 0.00171. The molecule has 3 aromatic rings. The van der Waals surface area contributed by atoms with Crippen LogP contribution in [0.15, 0.2) is 42.5 Å². The van der Waals surface area contributed by atoms with E-state index in [9.17, 15) is 20.2 Å². The summed E-state index contributed by atoms with van der Waals surface area (Å²) < 4.78 is 1.73. The molecule has 0 saturated heterocycles. The molecule has 8 nitrogen and oxygen atoms in total. The van der Waals surface area contributed by atoms with Crippen LogP contribution in [0, 0.1) is 20.2 Å². The summed E-state index contributed by atoms with van der Waals surface area (Å²) in [6.45, 7) is 0. The number of aromatic nitrogens is 2. The summed E-state index contributed by atoms with van der Waals surface area (Å²) in [4.78, 5) is 25.0. The third kappa shape index (κ3) is 2.16. The first-order chi connectivity index (χ1) is 10.5. The molecular weight excluding hydrogens is 288 g/mol. The molecule has 2 aromatic carbocycles. The van der Waals surface area contributed by atoms with Crippen molar-refractivity contribution in [1.82, 2.24) is 9.55 Å². The predicted octanol–water partition coefficient (Wildman–Crippen LogP) is 3.06. The highest BCUT2D eigenvalue weighted by atomic mass is 16.6. The largest absolute Gasteiger partial charge is 0.327 e. The summed E-state index contributed by atoms with van der Waals surface area (Å²) in [6, 6.07) is 10.4. The summed E-state index contributed by atoms with van der Waals surface area (Å²) in [5, 5.41) is 21.5. The molecule has 0 fully saturated rings. The molecule has 0 aliphatic carbocycles. The van der Waals surface area contributed by atoms with Crippen molar-refractivity contribution in [3.8, 4) is 11.4 Å². The summed E-state index contributed by atoms with van der Waals surface area (Å²) in [6.07, 6.45) is 0. The number of benzene rings is 2. The molecule has 8 heteroatoms. The van der Waals surface area contributed by atoms with Crippen molar-refractivity contribution in [1.29, 1.82) is 0 Å². The monoisotopic (exact) mass is 298 g/mol. The molecule has 0 unspecified atom stereocenters. The quantitative estimate of drug-likeness (QED) is 0.546. The van der Waals surface area contributed by atoms with E-state index in [-0.39, 0.29) is 11.4 Å². The molecule has 110 valence electrons. The molecule has 1 heterocycles. The van der Waals surface area contributed by atoms with Crippen molar-refractivity contribution < 1.29 is 9.85 Å². The van der Waals surface area contributed by atoms with E-state index in [0.717, 1.165) is 0 Å². The Bertz CT molecular complexity index is 899. The molecule has 0 atom stereocenters. The summed E-state index contributed by atoms with van der Waals surface area (Å²) in [5.41, 5.74) is 1.94. The van der Waals surface area contributed by atoms with Gasteiger partial charge in [-0.05, 0) is 18.2 Å². The van der Waals surface area contributed by atoms with Gasteiger partial charge >= 0.3 is 0 Å². The maximum Gasteiger partial charge on any atom is 0.271 e. The van der Waals surface area contributed by atoms with Gasteiger partial charge in [0.25, 0.3) is 11.4 Å². The normalized spacial score (nSPS) is 10.8. The number of nitrogens with zero attached hydrogens (tertiary/aromatic N) is 4. The molecular formula is C14H10N4O4. The van der Waals surface area contributed by atoms with Gasteiger partial charge in [0, 0.05) is 36.9 Å². The highest BCUT2D eigenvalue weighted by molar-refractivity contribution is 5.82. The fraction of sp³-hybridized carbons (Fsp3) is 0.0714. The van der Waals surface area contributed by atoms with E-state index in [2.05, 4.69) is 4.98 Å². The molecule has 0 saturated carbocycles. The second-order valence-corrected chi connectivity index (χ2v) is 4.73. The van der Waals surface area contributed by atoms with E-state index in [1.54, 1.807) is 29.8 Å². The van der Waals surface area contributed by atoms with Gasteiger partial charge in [-0.2, -0.15) is 0 Å². The SMILES string of the molecule is Cn1c(-c2ccc([N+](=O)[O-])cc2)nc2ccc([N+](=O)[O-])cc21. The summed E-state index contributed by atoms with van der Waals surface area (Å²) in [7, 11) is 1.75. The summed E-state index contributed by atoms with van der Waals surface area (Å²) in [5.74, 6) is 0.588. The van der Waals surface area contributed by atoms with Crippen LogP contribution in [0.5, 0.6) is 0 Å². The van der Waals surface area contributed by atoms with Crippen molar-refractivity contribution in [2.24, 2.45) is 7.05 Å². The van der Waals surface area contributed by atoms with Crippen LogP contribution in [0.1, 0.15) is 0 Å². The van der Waals surface area contributed by atoms with Gasteiger partial charge in [-0.3, -0.25) is 20.2 Å². The Balaban J connectivity index is 2.13. The van der Waals surface area contributed by atoms with E-state index in [0.29, 0.717) is 22.4 Å². The number of hydrogen-bond donors (Lipinski definition) is 0. The zero-order valence-corrected chi connectivity index (χ0v) is 11.5. The van der Waals surface area contributed by atoms with Crippen molar-refractivity contribution >= 4 is 22.4 Å². The third-order valence-corrected chi connectivity index (χ3v) is 3.41. The van der Waals surface area contributed by atoms with Crippen molar-refractivity contribution in [2.75, 3.05) is 0 Å². The van der Waals surface area contributed by atoms with Crippen LogP contribution >= 0.6 is 0 Å². The average molecular weight is 298 g/mol. The Hall–Kier alpha value is -3.29. The van der Waals surface area contributed by atoms with E-state index in [1.807, 2.05) is 0 Å². The first-order valence-electron chi connectivity index (χ1n) is 6.33. The Kier molecular flexibility index (Phi) is 3.06. The lowest BCUT2D eigenvalue weighted by atomic mass is 10.2. The Labute approximate surface area is 123 Å². The van der Waals surface area contributed by atoms with Crippen molar-refractivity contribution in [3.63, 3.8) is 0 Å². The van der Waals surface area contributed by atoms with Crippen LogP contribution < -0.4 is 0 Å². The number of nitro benzene ring substituents is 2. The Morgan fingerprint density at radius 2 is 1.55 bits per heavy atom. The van der Waals surface area contributed by atoms with Crippen LogP contribution in [0.4, 0.5) is 11.4 Å². The fourth-order valence-electron chi connectivity index (χ4n) is 2.28. The van der Waals surface area contributed by atoms with Gasteiger partial charge in [-0.1, -0.05) is 0 Å². The number of rotatable bonds is 3. The highest BCUT2D eigenvalue weighted by Gasteiger charge is 2.14. The minimum atomic E-state index is -0.470. The van der Waals surface area contributed by atoms with Crippen molar-refractivity contribution in [3.05, 3.63) is 62.7 Å². The van der Waals surface area contributed by atoms with Gasteiger partial charge in [0.1, 0.15) is 5.82 Å². The first-order valence-corrected chi connectivity index (χ1v) is 6.33. The lowest BCUT2D eigenvalue weighted by molar-refractivity contribution is -0.385. The lowest BCUT2D eigenvalue weighted by Gasteiger charge is -2.02. The van der Waals surface area contributed by atoms with E-state index in [4.69, 9.17) is 0 Å². The number of nitro groups is 2. The average Bonchev–Trinajstić information content (AvgIpc) is 2.84. The van der Waals surface area contributed by atoms with Crippen LogP contribution in [-0.4, -0.2) is 19.4 Å². The maximum absolute atomic E-state index is 10.8. The number of fused-ring (bicyclic) bond motifs is 1. The van der Waals surface area contributed by atoms with Crippen LogP contribution in [0.2, 0.25) is 0 Å². The Morgan fingerprint density at radius 1 is 0.955 bits per heavy atom. The van der Waals surface area contributed by atoms with Gasteiger partial charge < -0.3 is 4.57 Å². The standard InChI is InChI=1S/C14H10N4O4/c1-16-13-8-11(18(21)22)6-7-12(13)15-14(16)9-2-4-10(5-3-9)17(19)20/h2-8H,1H3. The zero-order valence-electron chi connectivity index (χ0n) is 11.5. The number of aryl methyl sites for hydroxylation is 1. The van der Waals surface area contributed by atoms with Crippen LogP contribution in [0.25, 0.3) is 22.4 Å². The fourth-order valence-corrected chi connectivity index (χ4v) is 2.28. The van der Waals surface area contributed by atoms with Gasteiger partial charge in [0.05, 0.1) is 20.9 Å². The second-order valence-electron chi connectivity index (χ2n) is 4.73. The zero-order chi connectivity index (χ0) is 15.9. The van der Waals surface area contributed by atoms with Gasteiger partial charge in [0.15, 0.2) is 0 Å². The number of imidazole rings is 1. The van der Waals surface area contributed by atoms with Crippen LogP contribution in [0.3, 0.4) is 0 Å². The molecule has 0 aliphatic rings. The molecule has 0 radical (unpaired) electrons. The number of non-ortho nitro benzene ring substituents is 2. The molecule has 0 N–H and O–H groups in total. The topological polar surface area (TPSA) is 104 Å². The van der Waals surface area contributed by atoms with Crippen molar-refractivity contribution in [2.45, 2.75) is 0 Å². The smallest absolute Gasteiger partial charge is 0.271 e. The first kappa shape index (κ1) is 13.7. The van der Waals surface area contributed by atoms with E-state index in [1.165, 1.54) is 24.3 Å². The molecule has 3 rings (SSSR count). The van der Waals surface area contributed by atoms with Gasteiger partial charge in [-0.25, -0.2) is 4.98 Å². The predicted molar refractivity (Wildman–Crippen MR) is 79.5 cm³/mol. The van der Waals surface area contributed by atoms with Gasteiger partial charge in [0.2, 0.25) is 0 Å². The van der Waals surface area contributed by atoms with Gasteiger partial charge in [-0.15, -0.1) is 0 Å². The molecule has 22 heavy (non-hydrogen) atoms. The van der Waals surface area contributed by atoms with Crippen LogP contribution in [-0.2, 0) is 7.05 Å². The Morgan fingerprint density at radius 3 is 2.14 bits per heavy atom. The second kappa shape index (κ2) is 4.92. The number of hydrogen-bond acceptors (Lipinski definition) is 5. The molecule has 1 aromatic heterocycles. The van der Waals surface area contributed by atoms with E-state index < -0.39 is 9.85 Å². The van der Waals surface area contributed by atoms with E-state index >= 15 is 0 Å². The third-order valence-electron chi connectivity index (χ3n) is 3.41. The highest BCUT2D eigenvalue weighted by Crippen LogP contribution is 2.27. The lowest BCUT2D eigenvalue weighted by Crippen LogP contribution is -1.94. The maximum atomic E-state index is 10.8. The molecule has 0 amide bonds. The molecule has 0 spiro atoms. The molecule has 0 aliphatic heterocycles.